The first-order valence-corrected chi connectivity index (χ1v) is 8.08. The van der Waals surface area contributed by atoms with E-state index in [4.69, 9.17) is 14.2 Å². The van der Waals surface area contributed by atoms with Gasteiger partial charge in [0.2, 0.25) is 0 Å². The SMILES string of the molecule is O=c1cc(N2CCOCC2)cnn1C[C@@H]1COc2ccccc2O1. The van der Waals surface area contributed by atoms with Gasteiger partial charge in [-0.2, -0.15) is 5.10 Å². The number of para-hydroxylation sites is 2. The van der Waals surface area contributed by atoms with Crippen molar-refractivity contribution in [3.8, 4) is 11.5 Å². The highest BCUT2D eigenvalue weighted by atomic mass is 16.6. The monoisotopic (exact) mass is 329 g/mol. The summed E-state index contributed by atoms with van der Waals surface area (Å²) in [6, 6.07) is 9.15. The number of benzene rings is 1. The zero-order valence-corrected chi connectivity index (χ0v) is 13.3. The molecule has 1 saturated heterocycles. The molecule has 3 heterocycles. The van der Waals surface area contributed by atoms with Crippen molar-refractivity contribution in [2.45, 2.75) is 12.6 Å². The maximum Gasteiger partial charge on any atom is 0.268 e. The number of hydrogen-bond donors (Lipinski definition) is 0. The molecule has 0 aliphatic carbocycles. The highest BCUT2D eigenvalue weighted by Gasteiger charge is 2.22. The van der Waals surface area contributed by atoms with Gasteiger partial charge in [-0.15, -0.1) is 0 Å². The first kappa shape index (κ1) is 15.0. The molecule has 0 bridgehead atoms. The molecule has 1 fully saturated rings. The van der Waals surface area contributed by atoms with Crippen LogP contribution in [0.15, 0.2) is 41.3 Å². The molecular formula is C17H19N3O4. The van der Waals surface area contributed by atoms with Crippen molar-refractivity contribution in [2.75, 3.05) is 37.8 Å². The second kappa shape index (κ2) is 6.52. The summed E-state index contributed by atoms with van der Waals surface area (Å²) >= 11 is 0. The van der Waals surface area contributed by atoms with Gasteiger partial charge >= 0.3 is 0 Å². The molecule has 1 atom stereocenters. The molecule has 0 radical (unpaired) electrons. The average molecular weight is 329 g/mol. The molecule has 1 aromatic heterocycles. The first-order valence-electron chi connectivity index (χ1n) is 8.08. The zero-order chi connectivity index (χ0) is 16.4. The Labute approximate surface area is 139 Å². The van der Waals surface area contributed by atoms with Crippen LogP contribution in [0.3, 0.4) is 0 Å². The van der Waals surface area contributed by atoms with Crippen molar-refractivity contribution in [2.24, 2.45) is 0 Å². The van der Waals surface area contributed by atoms with Crippen LogP contribution in [-0.2, 0) is 11.3 Å². The van der Waals surface area contributed by atoms with Gasteiger partial charge in [-0.3, -0.25) is 4.79 Å². The third-order valence-electron chi connectivity index (χ3n) is 4.18. The summed E-state index contributed by atoms with van der Waals surface area (Å²) in [5, 5.41) is 4.29. The van der Waals surface area contributed by atoms with Crippen LogP contribution in [0.25, 0.3) is 0 Å². The summed E-state index contributed by atoms with van der Waals surface area (Å²) in [6.07, 6.45) is 1.49. The van der Waals surface area contributed by atoms with Crippen molar-refractivity contribution in [3.63, 3.8) is 0 Å². The van der Waals surface area contributed by atoms with E-state index < -0.39 is 0 Å². The fraction of sp³-hybridized carbons (Fsp3) is 0.412. The van der Waals surface area contributed by atoms with Gasteiger partial charge in [0.05, 0.1) is 31.6 Å². The maximum absolute atomic E-state index is 12.3. The topological polar surface area (TPSA) is 65.8 Å². The Morgan fingerprint density at radius 3 is 2.75 bits per heavy atom. The number of hydrogen-bond acceptors (Lipinski definition) is 6. The Morgan fingerprint density at radius 2 is 1.96 bits per heavy atom. The fourth-order valence-electron chi connectivity index (χ4n) is 2.90. The van der Waals surface area contributed by atoms with Crippen LogP contribution in [-0.4, -0.2) is 48.8 Å². The molecule has 0 saturated carbocycles. The molecule has 7 nitrogen and oxygen atoms in total. The zero-order valence-electron chi connectivity index (χ0n) is 13.3. The Bertz CT molecular complexity index is 770. The summed E-state index contributed by atoms with van der Waals surface area (Å²) in [6.45, 7) is 3.67. The van der Waals surface area contributed by atoms with Crippen molar-refractivity contribution in [3.05, 3.63) is 46.9 Å². The predicted molar refractivity (Wildman–Crippen MR) is 87.9 cm³/mol. The van der Waals surface area contributed by atoms with E-state index in [1.807, 2.05) is 24.3 Å². The van der Waals surface area contributed by atoms with Gasteiger partial charge in [0, 0.05) is 19.2 Å². The van der Waals surface area contributed by atoms with E-state index in [1.165, 1.54) is 4.68 Å². The summed E-state index contributed by atoms with van der Waals surface area (Å²) in [5.74, 6) is 1.43. The molecule has 2 aliphatic rings. The van der Waals surface area contributed by atoms with E-state index in [2.05, 4.69) is 10.00 Å². The van der Waals surface area contributed by atoms with E-state index >= 15 is 0 Å². The molecular weight excluding hydrogens is 310 g/mol. The van der Waals surface area contributed by atoms with Crippen molar-refractivity contribution < 1.29 is 14.2 Å². The van der Waals surface area contributed by atoms with Crippen LogP contribution in [0.1, 0.15) is 0 Å². The molecule has 24 heavy (non-hydrogen) atoms. The molecule has 2 aromatic rings. The first-order chi connectivity index (χ1) is 11.8. The normalized spacial score (nSPS) is 20.0. The van der Waals surface area contributed by atoms with E-state index in [-0.39, 0.29) is 11.7 Å². The Hall–Kier alpha value is -2.54. The second-order valence-corrected chi connectivity index (χ2v) is 5.83. The van der Waals surface area contributed by atoms with Gasteiger partial charge in [-0.25, -0.2) is 4.68 Å². The average Bonchev–Trinajstić information content (AvgIpc) is 2.64. The van der Waals surface area contributed by atoms with Crippen molar-refractivity contribution in [1.82, 2.24) is 9.78 Å². The van der Waals surface area contributed by atoms with E-state index in [1.54, 1.807) is 12.3 Å². The summed E-state index contributed by atoms with van der Waals surface area (Å²) in [7, 11) is 0. The maximum atomic E-state index is 12.3. The molecule has 0 N–H and O–H groups in total. The number of rotatable bonds is 3. The van der Waals surface area contributed by atoms with Gasteiger partial charge in [-0.1, -0.05) is 12.1 Å². The van der Waals surface area contributed by atoms with E-state index in [0.29, 0.717) is 32.1 Å². The summed E-state index contributed by atoms with van der Waals surface area (Å²) < 4.78 is 18.3. The van der Waals surface area contributed by atoms with Gasteiger partial charge in [0.15, 0.2) is 17.6 Å². The second-order valence-electron chi connectivity index (χ2n) is 5.83. The van der Waals surface area contributed by atoms with Crippen LogP contribution < -0.4 is 19.9 Å². The molecule has 0 spiro atoms. The largest absolute Gasteiger partial charge is 0.486 e. The van der Waals surface area contributed by atoms with Gasteiger partial charge < -0.3 is 19.1 Å². The minimum atomic E-state index is -0.237. The van der Waals surface area contributed by atoms with Crippen LogP contribution in [0.4, 0.5) is 5.69 Å². The molecule has 126 valence electrons. The molecule has 0 amide bonds. The van der Waals surface area contributed by atoms with Crippen LogP contribution >= 0.6 is 0 Å². The smallest absolute Gasteiger partial charge is 0.268 e. The number of aromatic nitrogens is 2. The molecule has 1 aromatic carbocycles. The summed E-state index contributed by atoms with van der Waals surface area (Å²) in [4.78, 5) is 14.5. The Morgan fingerprint density at radius 1 is 1.17 bits per heavy atom. The van der Waals surface area contributed by atoms with Crippen molar-refractivity contribution >= 4 is 5.69 Å². The molecule has 7 heteroatoms. The highest BCUT2D eigenvalue weighted by Crippen LogP contribution is 2.31. The lowest BCUT2D eigenvalue weighted by atomic mass is 10.2. The minimum Gasteiger partial charge on any atom is -0.486 e. The predicted octanol–water partition coefficient (Wildman–Crippen LogP) is 0.920. The Balaban J connectivity index is 1.46. The lowest BCUT2D eigenvalue weighted by Crippen LogP contribution is -2.39. The van der Waals surface area contributed by atoms with Gasteiger partial charge in [0.1, 0.15) is 6.61 Å². The minimum absolute atomic E-state index is 0.138. The number of fused-ring (bicyclic) bond motifs is 1. The third-order valence-corrected chi connectivity index (χ3v) is 4.18. The van der Waals surface area contributed by atoms with Crippen LogP contribution in [0.5, 0.6) is 11.5 Å². The lowest BCUT2D eigenvalue weighted by Gasteiger charge is -2.29. The van der Waals surface area contributed by atoms with Crippen LogP contribution in [0.2, 0.25) is 0 Å². The van der Waals surface area contributed by atoms with E-state index in [0.717, 1.165) is 24.5 Å². The number of ether oxygens (including phenoxy) is 3. The summed E-state index contributed by atoms with van der Waals surface area (Å²) in [5.41, 5.74) is 0.701. The molecule has 0 unspecified atom stereocenters. The van der Waals surface area contributed by atoms with Crippen molar-refractivity contribution in [1.29, 1.82) is 0 Å². The Kier molecular flexibility index (Phi) is 4.08. The van der Waals surface area contributed by atoms with Gasteiger partial charge in [0.25, 0.3) is 5.56 Å². The third kappa shape index (κ3) is 3.07. The fourth-order valence-corrected chi connectivity index (χ4v) is 2.90. The van der Waals surface area contributed by atoms with Crippen LogP contribution in [0, 0.1) is 0 Å². The number of anilines is 1. The highest BCUT2D eigenvalue weighted by molar-refractivity contribution is 5.43. The quantitative estimate of drug-likeness (QED) is 0.834. The molecule has 2 aliphatic heterocycles. The number of morpholine rings is 1. The lowest BCUT2D eigenvalue weighted by molar-refractivity contribution is 0.0747. The molecule has 4 rings (SSSR count). The van der Waals surface area contributed by atoms with E-state index in [9.17, 15) is 4.79 Å². The standard InChI is InChI=1S/C17H19N3O4/c21-17-9-13(19-5-7-22-8-6-19)10-18-20(17)11-14-12-23-15-3-1-2-4-16(15)24-14/h1-4,9-10,14H,5-8,11-12H2/t14-/m1/s1. The van der Waals surface area contributed by atoms with Gasteiger partial charge in [-0.05, 0) is 12.1 Å². The number of nitrogens with zero attached hydrogens (tertiary/aromatic N) is 3.